The molecular weight excluding hydrogens is 297 g/mol. The molecule has 0 radical (unpaired) electrons. The monoisotopic (exact) mass is 309 g/mol. The first-order valence-corrected chi connectivity index (χ1v) is 7.19. The zero-order valence-electron chi connectivity index (χ0n) is 12.2. The van der Waals surface area contributed by atoms with Crippen molar-refractivity contribution in [1.29, 1.82) is 0 Å². The van der Waals surface area contributed by atoms with E-state index in [1.54, 1.807) is 43.3 Å². The maximum Gasteiger partial charge on any atom is 0.339 e. The van der Waals surface area contributed by atoms with Crippen LogP contribution in [0.2, 0.25) is 0 Å². The van der Waals surface area contributed by atoms with Gasteiger partial charge in [0.1, 0.15) is 28.9 Å². The van der Waals surface area contributed by atoms with Crippen molar-refractivity contribution in [2.75, 3.05) is 0 Å². The molecule has 0 aliphatic carbocycles. The molecule has 4 nitrogen and oxygen atoms in total. The third-order valence-electron chi connectivity index (χ3n) is 3.84. The number of fused-ring (bicyclic) bond motifs is 2. The first kappa shape index (κ1) is 13.7. The number of rotatable bonds is 2. The van der Waals surface area contributed by atoms with E-state index >= 15 is 0 Å². The highest BCUT2D eigenvalue weighted by Crippen LogP contribution is 2.39. The summed E-state index contributed by atoms with van der Waals surface area (Å²) in [7, 11) is 0. The van der Waals surface area contributed by atoms with Crippen molar-refractivity contribution in [1.82, 2.24) is 4.98 Å². The number of ether oxygens (including phenoxy) is 2. The molecule has 2 heterocycles. The van der Waals surface area contributed by atoms with Gasteiger partial charge in [-0.15, -0.1) is 0 Å². The number of para-hydroxylation sites is 1. The van der Waals surface area contributed by atoms with E-state index in [-0.39, 0.29) is 17.9 Å². The first-order valence-electron chi connectivity index (χ1n) is 7.19. The van der Waals surface area contributed by atoms with Gasteiger partial charge in [-0.05, 0) is 31.2 Å². The Kier molecular flexibility index (Phi) is 3.01. The fourth-order valence-electron chi connectivity index (χ4n) is 2.80. The second-order valence-corrected chi connectivity index (χ2v) is 5.35. The van der Waals surface area contributed by atoms with Crippen molar-refractivity contribution < 1.29 is 18.7 Å². The van der Waals surface area contributed by atoms with Crippen LogP contribution in [0, 0.1) is 5.82 Å². The molecule has 0 bridgehead atoms. The molecule has 23 heavy (non-hydrogen) atoms. The van der Waals surface area contributed by atoms with Crippen LogP contribution in [-0.2, 0) is 4.74 Å². The van der Waals surface area contributed by atoms with Crippen molar-refractivity contribution in [2.24, 2.45) is 0 Å². The quantitative estimate of drug-likeness (QED) is 0.658. The number of nitrogens with zero attached hydrogens (tertiary/aromatic N) is 1. The van der Waals surface area contributed by atoms with Gasteiger partial charge in [0.15, 0.2) is 0 Å². The zero-order chi connectivity index (χ0) is 16.0. The van der Waals surface area contributed by atoms with Gasteiger partial charge < -0.3 is 9.47 Å². The van der Waals surface area contributed by atoms with Gasteiger partial charge in [-0.3, -0.25) is 0 Å². The number of pyridine rings is 1. The summed E-state index contributed by atoms with van der Waals surface area (Å²) in [5, 5.41) is 0.649. The van der Waals surface area contributed by atoms with Crippen LogP contribution in [0.1, 0.15) is 28.9 Å². The van der Waals surface area contributed by atoms with Gasteiger partial charge in [0.05, 0.1) is 11.8 Å². The van der Waals surface area contributed by atoms with E-state index in [0.29, 0.717) is 28.0 Å². The Hall–Kier alpha value is -2.95. The Labute approximate surface area is 131 Å². The topological polar surface area (TPSA) is 48.4 Å². The minimum absolute atomic E-state index is 0.296. The van der Waals surface area contributed by atoms with Crippen molar-refractivity contribution in [2.45, 2.75) is 13.0 Å². The van der Waals surface area contributed by atoms with Gasteiger partial charge in [-0.2, -0.15) is 0 Å². The molecule has 1 unspecified atom stereocenters. The molecule has 114 valence electrons. The normalized spacial score (nSPS) is 16.3. The molecule has 0 saturated carbocycles. The smallest absolute Gasteiger partial charge is 0.339 e. The largest absolute Gasteiger partial charge is 0.455 e. The molecule has 1 aliphatic rings. The second kappa shape index (κ2) is 5.05. The highest BCUT2D eigenvalue weighted by atomic mass is 19.1. The molecule has 0 amide bonds. The number of benzene rings is 2. The minimum Gasteiger partial charge on any atom is -0.455 e. The summed E-state index contributed by atoms with van der Waals surface area (Å²) in [5.41, 5.74) is 1.52. The molecule has 3 aromatic rings. The summed E-state index contributed by atoms with van der Waals surface area (Å²) in [4.78, 5) is 15.9. The van der Waals surface area contributed by atoms with E-state index in [1.165, 1.54) is 12.3 Å². The van der Waals surface area contributed by atoms with Gasteiger partial charge in [-0.1, -0.05) is 18.2 Å². The highest BCUT2D eigenvalue weighted by molar-refractivity contribution is 5.95. The van der Waals surface area contributed by atoms with Gasteiger partial charge in [-0.25, -0.2) is 14.2 Å². The molecule has 5 heteroatoms. The fraction of sp³-hybridized carbons (Fsp3) is 0.111. The number of carbonyl (C=O) groups is 1. The summed E-state index contributed by atoms with van der Waals surface area (Å²) >= 11 is 0. The molecule has 1 aromatic heterocycles. The summed E-state index contributed by atoms with van der Waals surface area (Å²) in [6.45, 7) is 1.80. The lowest BCUT2D eigenvalue weighted by atomic mass is 10.0. The lowest BCUT2D eigenvalue weighted by Gasteiger charge is -2.11. The maximum absolute atomic E-state index is 13.7. The van der Waals surface area contributed by atoms with Crippen molar-refractivity contribution >= 4 is 16.9 Å². The number of carbonyl (C=O) groups excluding carboxylic acids is 1. The molecule has 0 saturated heterocycles. The molecular formula is C18H12FNO3. The Morgan fingerprint density at radius 2 is 2.04 bits per heavy atom. The number of cyclic esters (lactones) is 1. The summed E-state index contributed by atoms with van der Waals surface area (Å²) in [6, 6.07) is 11.7. The molecule has 1 aliphatic heterocycles. The molecule has 1 atom stereocenters. The summed E-state index contributed by atoms with van der Waals surface area (Å²) in [5.74, 6) is 0.292. The fourth-order valence-corrected chi connectivity index (χ4v) is 2.80. The number of hydrogen-bond acceptors (Lipinski definition) is 4. The molecule has 4 rings (SSSR count). The highest BCUT2D eigenvalue weighted by Gasteiger charge is 2.31. The summed E-state index contributed by atoms with van der Waals surface area (Å²) in [6.07, 6.45) is 1.10. The zero-order valence-corrected chi connectivity index (χ0v) is 12.2. The summed E-state index contributed by atoms with van der Waals surface area (Å²) < 4.78 is 24.7. The standard InChI is InChI=1S/C18H12FNO3/c1-10-16-13(18(21)22-10)5-3-7-15(16)23-12-8-11-4-2-6-14(19)17(11)20-9-12/h2-10H,1H3. The van der Waals surface area contributed by atoms with Crippen LogP contribution in [0.3, 0.4) is 0 Å². The average molecular weight is 309 g/mol. The number of aromatic nitrogens is 1. The molecule has 2 aromatic carbocycles. The van der Waals surface area contributed by atoms with Crippen molar-refractivity contribution in [3.8, 4) is 11.5 Å². The van der Waals surface area contributed by atoms with Crippen molar-refractivity contribution in [3.05, 3.63) is 65.6 Å². The van der Waals surface area contributed by atoms with Crippen LogP contribution in [0.5, 0.6) is 11.5 Å². The van der Waals surface area contributed by atoms with E-state index in [1.807, 2.05) is 0 Å². The Bertz CT molecular complexity index is 939. The van der Waals surface area contributed by atoms with E-state index in [2.05, 4.69) is 4.98 Å². The van der Waals surface area contributed by atoms with E-state index in [0.717, 1.165) is 5.56 Å². The van der Waals surface area contributed by atoms with Crippen molar-refractivity contribution in [3.63, 3.8) is 0 Å². The third kappa shape index (κ3) is 2.21. The predicted molar refractivity (Wildman–Crippen MR) is 82.0 cm³/mol. The van der Waals surface area contributed by atoms with Crippen LogP contribution >= 0.6 is 0 Å². The van der Waals surface area contributed by atoms with Gasteiger partial charge in [0, 0.05) is 10.9 Å². The maximum atomic E-state index is 13.7. The molecule has 0 spiro atoms. The van der Waals surface area contributed by atoms with Gasteiger partial charge >= 0.3 is 5.97 Å². The van der Waals surface area contributed by atoms with E-state index in [4.69, 9.17) is 9.47 Å². The van der Waals surface area contributed by atoms with Crippen LogP contribution in [0.4, 0.5) is 4.39 Å². The Morgan fingerprint density at radius 3 is 2.91 bits per heavy atom. The first-order chi connectivity index (χ1) is 11.1. The molecule has 0 N–H and O–H groups in total. The van der Waals surface area contributed by atoms with E-state index < -0.39 is 0 Å². The van der Waals surface area contributed by atoms with Crippen LogP contribution in [-0.4, -0.2) is 11.0 Å². The minimum atomic E-state index is -0.373. The van der Waals surface area contributed by atoms with Gasteiger partial charge in [0.25, 0.3) is 0 Å². The Morgan fingerprint density at radius 1 is 1.22 bits per heavy atom. The number of esters is 1. The predicted octanol–water partition coefficient (Wildman–Crippen LogP) is 4.40. The lowest BCUT2D eigenvalue weighted by Crippen LogP contribution is -1.95. The SMILES string of the molecule is CC1OC(=O)c2cccc(Oc3cnc4c(F)cccc4c3)c21. The van der Waals surface area contributed by atoms with Crippen LogP contribution in [0.15, 0.2) is 48.7 Å². The molecule has 0 fully saturated rings. The number of halogens is 1. The second-order valence-electron chi connectivity index (χ2n) is 5.35. The van der Waals surface area contributed by atoms with E-state index in [9.17, 15) is 9.18 Å². The third-order valence-corrected chi connectivity index (χ3v) is 3.84. The number of hydrogen-bond donors (Lipinski definition) is 0. The van der Waals surface area contributed by atoms with Crippen LogP contribution < -0.4 is 4.74 Å². The lowest BCUT2D eigenvalue weighted by molar-refractivity contribution is 0.0420. The van der Waals surface area contributed by atoms with Gasteiger partial charge in [0.2, 0.25) is 0 Å². The average Bonchev–Trinajstić information content (AvgIpc) is 2.83. The van der Waals surface area contributed by atoms with Crippen LogP contribution in [0.25, 0.3) is 10.9 Å². The Balaban J connectivity index is 1.76.